The second kappa shape index (κ2) is 8.11. The van der Waals surface area contributed by atoms with Gasteiger partial charge in [0, 0.05) is 31.7 Å². The number of carbonyl (C=O) groups is 2. The minimum Gasteiger partial charge on any atom is -0.465 e. The van der Waals surface area contributed by atoms with Crippen LogP contribution in [0.3, 0.4) is 0 Å². The highest BCUT2D eigenvalue weighted by molar-refractivity contribution is 5.70. The summed E-state index contributed by atoms with van der Waals surface area (Å²) in [6, 6.07) is 0. The number of esters is 2. The van der Waals surface area contributed by atoms with Crippen molar-refractivity contribution in [3.05, 3.63) is 0 Å². The summed E-state index contributed by atoms with van der Waals surface area (Å²) in [5, 5.41) is 0. The number of likely N-dealkylation sites (tertiary alicyclic amines) is 1. The van der Waals surface area contributed by atoms with Crippen molar-refractivity contribution in [3.63, 3.8) is 0 Å². The molecule has 1 fully saturated rings. The fourth-order valence-corrected chi connectivity index (χ4v) is 3.60. The van der Waals surface area contributed by atoms with Gasteiger partial charge in [0.2, 0.25) is 0 Å². The van der Waals surface area contributed by atoms with Crippen molar-refractivity contribution >= 4 is 11.9 Å². The first-order valence-electron chi connectivity index (χ1n) is 8.18. The average Bonchev–Trinajstić information content (AvgIpc) is 2.40. The predicted octanol–water partition coefficient (Wildman–Crippen LogP) is 2.15. The zero-order valence-electron chi connectivity index (χ0n) is 15.3. The molecule has 23 heavy (non-hydrogen) atoms. The lowest BCUT2D eigenvalue weighted by atomic mass is 9.78. The molecule has 1 aliphatic rings. The maximum Gasteiger partial charge on any atom is 0.309 e. The van der Waals surface area contributed by atoms with Crippen LogP contribution in [0.15, 0.2) is 0 Å². The van der Waals surface area contributed by atoms with Crippen molar-refractivity contribution in [2.75, 3.05) is 26.9 Å². The van der Waals surface area contributed by atoms with Crippen molar-refractivity contribution in [2.24, 2.45) is 0 Å². The maximum absolute atomic E-state index is 11.6. The van der Waals surface area contributed by atoms with Gasteiger partial charge in [-0.1, -0.05) is 0 Å². The summed E-state index contributed by atoms with van der Waals surface area (Å²) in [7, 11) is 1.76. The Morgan fingerprint density at radius 2 is 1.61 bits per heavy atom. The van der Waals surface area contributed by atoms with E-state index in [-0.39, 0.29) is 42.1 Å². The van der Waals surface area contributed by atoms with Gasteiger partial charge in [-0.3, -0.25) is 14.5 Å². The maximum atomic E-state index is 11.6. The van der Waals surface area contributed by atoms with Gasteiger partial charge in [-0.25, -0.2) is 0 Å². The Balaban J connectivity index is 2.46. The Kier molecular flexibility index (Phi) is 7.02. The topological polar surface area (TPSA) is 65.1 Å². The molecule has 0 bridgehead atoms. The number of carbonyl (C=O) groups excluding carboxylic acids is 2. The molecule has 0 amide bonds. The van der Waals surface area contributed by atoms with Crippen LogP contribution in [0, 0.1) is 0 Å². The third-order valence-electron chi connectivity index (χ3n) is 4.44. The number of ether oxygens (including phenoxy) is 3. The fourth-order valence-electron chi connectivity index (χ4n) is 3.60. The van der Waals surface area contributed by atoms with E-state index in [0.29, 0.717) is 13.2 Å². The van der Waals surface area contributed by atoms with Gasteiger partial charge in [-0.2, -0.15) is 0 Å². The zero-order chi connectivity index (χ0) is 17.7. The normalized spacial score (nSPS) is 21.0. The molecule has 0 aromatic heterocycles. The van der Waals surface area contributed by atoms with Crippen molar-refractivity contribution in [1.82, 2.24) is 4.90 Å². The van der Waals surface area contributed by atoms with E-state index >= 15 is 0 Å². The average molecular weight is 329 g/mol. The Hall–Kier alpha value is -1.14. The molecule has 1 heterocycles. The summed E-state index contributed by atoms with van der Waals surface area (Å²) < 4.78 is 15.6. The first kappa shape index (κ1) is 19.9. The molecule has 6 nitrogen and oxygen atoms in total. The molecule has 0 spiro atoms. The van der Waals surface area contributed by atoms with Gasteiger partial charge in [0.05, 0.1) is 12.5 Å². The minimum absolute atomic E-state index is 0.0213. The standard InChI is InChI=1S/C17H31NO5/c1-13(19)22-9-7-15(20)23-10-8-18-16(2,3)11-14(21-6)12-17(18,4)5/h14H,7-12H2,1-6H3. The van der Waals surface area contributed by atoms with Gasteiger partial charge in [0.25, 0.3) is 0 Å². The lowest BCUT2D eigenvalue weighted by molar-refractivity contribution is -0.151. The number of hydrogen-bond donors (Lipinski definition) is 0. The largest absolute Gasteiger partial charge is 0.465 e. The molecule has 0 aliphatic carbocycles. The highest BCUT2D eigenvalue weighted by atomic mass is 16.5. The number of nitrogens with zero attached hydrogens (tertiary/aromatic N) is 1. The molecule has 0 N–H and O–H groups in total. The van der Waals surface area contributed by atoms with E-state index in [2.05, 4.69) is 32.6 Å². The van der Waals surface area contributed by atoms with Crippen LogP contribution in [-0.2, 0) is 23.8 Å². The summed E-state index contributed by atoms with van der Waals surface area (Å²) in [5.74, 6) is -0.726. The number of hydrogen-bond acceptors (Lipinski definition) is 6. The number of methoxy groups -OCH3 is 1. The third-order valence-corrected chi connectivity index (χ3v) is 4.44. The van der Waals surface area contributed by atoms with Crippen molar-refractivity contribution < 1.29 is 23.8 Å². The molecule has 0 radical (unpaired) electrons. The summed E-state index contributed by atoms with van der Waals surface area (Å²) in [5.41, 5.74) is -0.0425. The molecule has 1 aliphatic heterocycles. The lowest BCUT2D eigenvalue weighted by Gasteiger charge is -2.55. The SMILES string of the molecule is COC1CC(C)(C)N(CCOC(=O)CCOC(C)=O)C(C)(C)C1. The van der Waals surface area contributed by atoms with Crippen LogP contribution >= 0.6 is 0 Å². The zero-order valence-corrected chi connectivity index (χ0v) is 15.3. The quantitative estimate of drug-likeness (QED) is 0.667. The van der Waals surface area contributed by atoms with Crippen molar-refractivity contribution in [1.29, 1.82) is 0 Å². The van der Waals surface area contributed by atoms with Crippen molar-refractivity contribution in [3.8, 4) is 0 Å². The second-order valence-electron chi connectivity index (χ2n) is 7.35. The molecule has 1 rings (SSSR count). The molecule has 0 aromatic rings. The van der Waals surface area contributed by atoms with E-state index in [9.17, 15) is 9.59 Å². The van der Waals surface area contributed by atoms with Crippen LogP contribution < -0.4 is 0 Å². The Bertz CT molecular complexity index is 401. The summed E-state index contributed by atoms with van der Waals surface area (Å²) in [4.78, 5) is 24.7. The van der Waals surface area contributed by atoms with Crippen LogP contribution in [-0.4, -0.2) is 60.9 Å². The molecular weight excluding hydrogens is 298 g/mol. The molecule has 0 saturated carbocycles. The second-order valence-corrected chi connectivity index (χ2v) is 7.35. The van der Waals surface area contributed by atoms with E-state index in [1.54, 1.807) is 7.11 Å². The Morgan fingerprint density at radius 1 is 1.04 bits per heavy atom. The summed E-state index contributed by atoms with van der Waals surface area (Å²) in [6.07, 6.45) is 2.25. The van der Waals surface area contributed by atoms with Crippen LogP contribution in [0.2, 0.25) is 0 Å². The number of piperidine rings is 1. The third kappa shape index (κ3) is 6.11. The molecular formula is C17H31NO5. The number of rotatable bonds is 7. The van der Waals surface area contributed by atoms with Crippen LogP contribution in [0.4, 0.5) is 0 Å². The predicted molar refractivity (Wildman–Crippen MR) is 87.1 cm³/mol. The van der Waals surface area contributed by atoms with E-state index in [1.807, 2.05) is 0 Å². The fraction of sp³-hybridized carbons (Fsp3) is 0.882. The van der Waals surface area contributed by atoms with Gasteiger partial charge < -0.3 is 14.2 Å². The highest BCUT2D eigenvalue weighted by Crippen LogP contribution is 2.38. The monoisotopic (exact) mass is 329 g/mol. The smallest absolute Gasteiger partial charge is 0.309 e. The minimum atomic E-state index is -0.387. The first-order valence-corrected chi connectivity index (χ1v) is 8.18. The Labute approximate surface area is 139 Å². The van der Waals surface area contributed by atoms with Crippen LogP contribution in [0.1, 0.15) is 53.9 Å². The summed E-state index contributed by atoms with van der Waals surface area (Å²) >= 11 is 0. The van der Waals surface area contributed by atoms with Crippen molar-refractivity contribution in [2.45, 2.75) is 71.1 Å². The van der Waals surface area contributed by atoms with Gasteiger partial charge in [0.15, 0.2) is 0 Å². The highest BCUT2D eigenvalue weighted by Gasteiger charge is 2.45. The molecule has 134 valence electrons. The van der Waals surface area contributed by atoms with Gasteiger partial charge in [0.1, 0.15) is 13.2 Å². The van der Waals surface area contributed by atoms with E-state index in [4.69, 9.17) is 14.2 Å². The first-order chi connectivity index (χ1) is 10.6. The van der Waals surface area contributed by atoms with E-state index in [1.165, 1.54) is 6.92 Å². The molecule has 6 heteroatoms. The molecule has 0 unspecified atom stereocenters. The lowest BCUT2D eigenvalue weighted by Crippen LogP contribution is -2.62. The Morgan fingerprint density at radius 3 is 2.09 bits per heavy atom. The van der Waals surface area contributed by atoms with Gasteiger partial charge >= 0.3 is 11.9 Å². The molecule has 0 atom stereocenters. The van der Waals surface area contributed by atoms with Gasteiger partial charge in [-0.05, 0) is 40.5 Å². The summed E-state index contributed by atoms with van der Waals surface area (Å²) in [6.45, 7) is 11.2. The molecule has 1 saturated heterocycles. The van der Waals surface area contributed by atoms with E-state index in [0.717, 1.165) is 12.8 Å². The van der Waals surface area contributed by atoms with E-state index < -0.39 is 0 Å². The van der Waals surface area contributed by atoms with Gasteiger partial charge in [-0.15, -0.1) is 0 Å². The van der Waals surface area contributed by atoms with Crippen LogP contribution in [0.5, 0.6) is 0 Å². The van der Waals surface area contributed by atoms with Crippen LogP contribution in [0.25, 0.3) is 0 Å². The molecule has 0 aromatic carbocycles.